The van der Waals surface area contributed by atoms with E-state index >= 15 is 0 Å². The maximum atomic E-state index is 12.1. The van der Waals surface area contributed by atoms with Gasteiger partial charge in [0.25, 0.3) is 6.43 Å². The Balaban J connectivity index is 3.05. The molecule has 0 aromatic heterocycles. The van der Waals surface area contributed by atoms with Crippen LogP contribution in [0.1, 0.15) is 12.0 Å². The zero-order valence-corrected chi connectivity index (χ0v) is 7.94. The van der Waals surface area contributed by atoms with Crippen molar-refractivity contribution in [3.8, 4) is 5.75 Å². The van der Waals surface area contributed by atoms with Gasteiger partial charge in [0.1, 0.15) is 5.75 Å². The van der Waals surface area contributed by atoms with Crippen LogP contribution in [0.15, 0.2) is 22.7 Å². The standard InChI is InChI=1S/C8H7BrF2O/c1-12-7-4-5(8(10)11)2-3-6(7)9/h2-4,8H,1H3. The average molecular weight is 237 g/mol. The van der Waals surface area contributed by atoms with Gasteiger partial charge >= 0.3 is 0 Å². The van der Waals surface area contributed by atoms with E-state index in [1.54, 1.807) is 6.07 Å². The molecule has 0 amide bonds. The summed E-state index contributed by atoms with van der Waals surface area (Å²) in [6, 6.07) is 4.21. The molecular weight excluding hydrogens is 230 g/mol. The first kappa shape index (κ1) is 9.45. The summed E-state index contributed by atoms with van der Waals surface area (Å²) in [5.41, 5.74) is -0.0324. The average Bonchev–Trinajstić information content (AvgIpc) is 2.05. The lowest BCUT2D eigenvalue weighted by Crippen LogP contribution is -1.88. The minimum absolute atomic E-state index is 0.0324. The monoisotopic (exact) mass is 236 g/mol. The van der Waals surface area contributed by atoms with Crippen LogP contribution in [0.3, 0.4) is 0 Å². The number of rotatable bonds is 2. The number of hydrogen-bond acceptors (Lipinski definition) is 1. The molecule has 0 atom stereocenters. The Morgan fingerprint density at radius 1 is 1.42 bits per heavy atom. The molecule has 0 saturated carbocycles. The predicted octanol–water partition coefficient (Wildman–Crippen LogP) is 3.40. The lowest BCUT2D eigenvalue weighted by Gasteiger charge is -2.05. The molecule has 0 heterocycles. The summed E-state index contributed by atoms with van der Waals surface area (Å²) < 4.78 is 29.8. The highest BCUT2D eigenvalue weighted by molar-refractivity contribution is 9.10. The van der Waals surface area contributed by atoms with E-state index in [1.807, 2.05) is 0 Å². The molecule has 0 unspecified atom stereocenters. The SMILES string of the molecule is COc1cc(C(F)F)ccc1Br. The molecule has 12 heavy (non-hydrogen) atoms. The van der Waals surface area contributed by atoms with Crippen molar-refractivity contribution in [1.82, 2.24) is 0 Å². The maximum Gasteiger partial charge on any atom is 0.263 e. The lowest BCUT2D eigenvalue weighted by molar-refractivity contribution is 0.151. The normalized spacial score (nSPS) is 10.4. The summed E-state index contributed by atoms with van der Waals surface area (Å²) in [6.45, 7) is 0. The van der Waals surface area contributed by atoms with Crippen molar-refractivity contribution in [3.63, 3.8) is 0 Å². The second-order valence-corrected chi connectivity index (χ2v) is 3.05. The highest BCUT2D eigenvalue weighted by atomic mass is 79.9. The molecule has 0 N–H and O–H groups in total. The smallest absolute Gasteiger partial charge is 0.263 e. The van der Waals surface area contributed by atoms with Crippen molar-refractivity contribution >= 4 is 15.9 Å². The molecule has 0 bridgehead atoms. The Morgan fingerprint density at radius 2 is 2.08 bits per heavy atom. The summed E-state index contributed by atoms with van der Waals surface area (Å²) in [4.78, 5) is 0. The molecule has 0 saturated heterocycles. The second kappa shape index (κ2) is 3.85. The summed E-state index contributed by atoms with van der Waals surface area (Å²) in [6.07, 6.45) is -2.45. The van der Waals surface area contributed by atoms with Crippen LogP contribution in [-0.2, 0) is 0 Å². The van der Waals surface area contributed by atoms with E-state index in [2.05, 4.69) is 15.9 Å². The van der Waals surface area contributed by atoms with Crippen molar-refractivity contribution in [3.05, 3.63) is 28.2 Å². The van der Waals surface area contributed by atoms with Gasteiger partial charge in [-0.1, -0.05) is 6.07 Å². The molecular formula is C8H7BrF2O. The molecule has 1 rings (SSSR count). The van der Waals surface area contributed by atoms with Gasteiger partial charge in [-0.05, 0) is 28.1 Å². The maximum absolute atomic E-state index is 12.1. The molecule has 0 aliphatic carbocycles. The molecule has 0 aliphatic heterocycles. The summed E-state index contributed by atoms with van der Waals surface area (Å²) in [5.74, 6) is 0.424. The van der Waals surface area contributed by atoms with Gasteiger partial charge in [-0.25, -0.2) is 8.78 Å². The van der Waals surface area contributed by atoms with E-state index in [9.17, 15) is 8.78 Å². The van der Waals surface area contributed by atoms with Crippen LogP contribution in [0.5, 0.6) is 5.75 Å². The largest absolute Gasteiger partial charge is 0.496 e. The van der Waals surface area contributed by atoms with Crippen LogP contribution in [0, 0.1) is 0 Å². The lowest BCUT2D eigenvalue weighted by atomic mass is 10.2. The first-order valence-electron chi connectivity index (χ1n) is 3.26. The number of alkyl halides is 2. The number of halogens is 3. The Labute approximate surface area is 77.5 Å². The fourth-order valence-electron chi connectivity index (χ4n) is 0.812. The third kappa shape index (κ3) is 1.94. The number of hydrogen-bond donors (Lipinski definition) is 0. The molecule has 0 spiro atoms. The van der Waals surface area contributed by atoms with Crippen molar-refractivity contribution < 1.29 is 13.5 Å². The molecule has 4 heteroatoms. The topological polar surface area (TPSA) is 9.23 Å². The summed E-state index contributed by atoms with van der Waals surface area (Å²) >= 11 is 3.17. The zero-order valence-electron chi connectivity index (χ0n) is 6.35. The Kier molecular flexibility index (Phi) is 3.03. The van der Waals surface area contributed by atoms with Gasteiger partial charge in [-0.15, -0.1) is 0 Å². The van der Waals surface area contributed by atoms with Crippen LogP contribution in [0.2, 0.25) is 0 Å². The fourth-order valence-corrected chi connectivity index (χ4v) is 1.22. The zero-order chi connectivity index (χ0) is 9.14. The van der Waals surface area contributed by atoms with Crippen molar-refractivity contribution in [1.29, 1.82) is 0 Å². The van der Waals surface area contributed by atoms with Gasteiger partial charge in [0, 0.05) is 5.56 Å². The quantitative estimate of drug-likeness (QED) is 0.765. The van der Waals surface area contributed by atoms with Gasteiger partial charge < -0.3 is 4.74 Å². The molecule has 1 nitrogen and oxygen atoms in total. The summed E-state index contributed by atoms with van der Waals surface area (Å²) in [5, 5.41) is 0. The van der Waals surface area contributed by atoms with Crippen molar-refractivity contribution in [2.24, 2.45) is 0 Å². The van der Waals surface area contributed by atoms with E-state index in [-0.39, 0.29) is 5.56 Å². The molecule has 1 aromatic carbocycles. The first-order chi connectivity index (χ1) is 5.65. The van der Waals surface area contributed by atoms with Crippen LogP contribution in [0.25, 0.3) is 0 Å². The van der Waals surface area contributed by atoms with E-state index in [0.29, 0.717) is 10.2 Å². The van der Waals surface area contributed by atoms with Crippen molar-refractivity contribution in [2.75, 3.05) is 7.11 Å². The van der Waals surface area contributed by atoms with E-state index in [4.69, 9.17) is 4.74 Å². The van der Waals surface area contributed by atoms with Crippen LogP contribution < -0.4 is 4.74 Å². The minimum atomic E-state index is -2.45. The third-order valence-electron chi connectivity index (χ3n) is 1.43. The van der Waals surface area contributed by atoms with Gasteiger partial charge in [0.15, 0.2) is 0 Å². The van der Waals surface area contributed by atoms with Crippen molar-refractivity contribution in [2.45, 2.75) is 6.43 Å². The van der Waals surface area contributed by atoms with Crippen LogP contribution in [-0.4, -0.2) is 7.11 Å². The van der Waals surface area contributed by atoms with Crippen LogP contribution >= 0.6 is 15.9 Å². The molecule has 1 aromatic rings. The minimum Gasteiger partial charge on any atom is -0.496 e. The van der Waals surface area contributed by atoms with E-state index in [1.165, 1.54) is 19.2 Å². The molecule has 0 fully saturated rings. The Hall–Kier alpha value is -0.640. The predicted molar refractivity (Wildman–Crippen MR) is 45.7 cm³/mol. The fraction of sp³-hybridized carbons (Fsp3) is 0.250. The first-order valence-corrected chi connectivity index (χ1v) is 4.06. The molecule has 0 radical (unpaired) electrons. The van der Waals surface area contributed by atoms with Gasteiger partial charge in [0.05, 0.1) is 11.6 Å². The van der Waals surface area contributed by atoms with Crippen LogP contribution in [0.4, 0.5) is 8.78 Å². The highest BCUT2D eigenvalue weighted by Gasteiger charge is 2.09. The molecule has 0 aliphatic rings. The number of benzene rings is 1. The van der Waals surface area contributed by atoms with Gasteiger partial charge in [0.2, 0.25) is 0 Å². The third-order valence-corrected chi connectivity index (χ3v) is 2.08. The van der Waals surface area contributed by atoms with Gasteiger partial charge in [-0.2, -0.15) is 0 Å². The van der Waals surface area contributed by atoms with E-state index < -0.39 is 6.43 Å². The summed E-state index contributed by atoms with van der Waals surface area (Å²) in [7, 11) is 1.44. The number of methoxy groups -OCH3 is 1. The Bertz CT molecular complexity index is 276. The van der Waals surface area contributed by atoms with E-state index in [0.717, 1.165) is 0 Å². The highest BCUT2D eigenvalue weighted by Crippen LogP contribution is 2.29. The second-order valence-electron chi connectivity index (χ2n) is 2.19. The van der Waals surface area contributed by atoms with Gasteiger partial charge in [-0.3, -0.25) is 0 Å². The molecule has 66 valence electrons. The Morgan fingerprint density at radius 3 is 2.58 bits per heavy atom. The number of ether oxygens (including phenoxy) is 1.